The maximum absolute atomic E-state index is 4.74. The zero-order valence-electron chi connectivity index (χ0n) is 12.2. The second kappa shape index (κ2) is 6.60. The number of hydrogen-bond donors (Lipinski definition) is 1. The first kappa shape index (κ1) is 14.6. The van der Waals surface area contributed by atoms with Crippen molar-refractivity contribution >= 4 is 33.1 Å². The average molecular weight is 318 g/mol. The Hall–Kier alpha value is -1.37. The van der Waals surface area contributed by atoms with Crippen molar-refractivity contribution in [2.45, 2.75) is 32.7 Å². The number of aromatic nitrogens is 3. The van der Waals surface area contributed by atoms with Crippen molar-refractivity contribution in [3.05, 3.63) is 39.8 Å². The van der Waals surface area contributed by atoms with E-state index in [1.807, 2.05) is 13.0 Å². The molecule has 2 aromatic heterocycles. The van der Waals surface area contributed by atoms with Crippen LogP contribution in [0.5, 0.6) is 0 Å². The highest BCUT2D eigenvalue weighted by atomic mass is 32.1. The first-order chi connectivity index (χ1) is 10.3. The van der Waals surface area contributed by atoms with Crippen LogP contribution < -0.4 is 5.32 Å². The third-order valence-electron chi connectivity index (χ3n) is 3.36. The summed E-state index contributed by atoms with van der Waals surface area (Å²) in [5.41, 5.74) is 2.11. The highest BCUT2D eigenvalue weighted by Crippen LogP contribution is 2.28. The van der Waals surface area contributed by atoms with Gasteiger partial charge < -0.3 is 5.32 Å². The summed E-state index contributed by atoms with van der Waals surface area (Å²) in [7, 11) is 0. The van der Waals surface area contributed by atoms with E-state index < -0.39 is 0 Å². The number of nitrogens with zero attached hydrogens (tertiary/aromatic N) is 3. The third-order valence-corrected chi connectivity index (χ3v) is 5.36. The van der Waals surface area contributed by atoms with E-state index in [1.165, 1.54) is 21.1 Å². The average Bonchev–Trinajstić information content (AvgIpc) is 3.08. The molecule has 1 unspecified atom stereocenters. The lowest BCUT2D eigenvalue weighted by atomic mass is 10.1. The number of thiazole rings is 1. The van der Waals surface area contributed by atoms with Crippen LogP contribution in [0.1, 0.15) is 35.0 Å². The van der Waals surface area contributed by atoms with Crippen LogP contribution in [0.15, 0.2) is 24.3 Å². The Kier molecular flexibility index (Phi) is 4.57. The topological polar surface area (TPSA) is 50.7 Å². The van der Waals surface area contributed by atoms with Crippen molar-refractivity contribution in [1.29, 1.82) is 0 Å². The minimum absolute atomic E-state index is 0.255. The SMILES string of the molecule is CCCNC(Cc1nc2ccccc2s1)c1snnc1C. The standard InChI is InChI=1S/C15H18N4S2/c1-3-8-16-12(15-10(2)18-19-21-15)9-14-17-11-6-4-5-7-13(11)20-14/h4-7,12,16H,3,8-9H2,1-2H3. The van der Waals surface area contributed by atoms with Crippen LogP contribution in [-0.4, -0.2) is 21.1 Å². The number of aryl methyl sites for hydroxylation is 1. The van der Waals surface area contributed by atoms with Gasteiger partial charge in [0.2, 0.25) is 0 Å². The molecule has 0 amide bonds. The summed E-state index contributed by atoms with van der Waals surface area (Å²) in [4.78, 5) is 5.97. The molecule has 6 heteroatoms. The van der Waals surface area contributed by atoms with E-state index >= 15 is 0 Å². The Morgan fingerprint density at radius 3 is 2.86 bits per heavy atom. The van der Waals surface area contributed by atoms with E-state index in [-0.39, 0.29) is 6.04 Å². The van der Waals surface area contributed by atoms with Gasteiger partial charge in [-0.2, -0.15) is 0 Å². The molecule has 3 rings (SSSR count). The molecule has 0 saturated carbocycles. The first-order valence-electron chi connectivity index (χ1n) is 7.14. The van der Waals surface area contributed by atoms with Gasteiger partial charge in [0.05, 0.1) is 31.8 Å². The van der Waals surface area contributed by atoms with Crippen LogP contribution in [0.2, 0.25) is 0 Å². The van der Waals surface area contributed by atoms with Gasteiger partial charge in [-0.3, -0.25) is 0 Å². The molecule has 0 aliphatic rings. The van der Waals surface area contributed by atoms with E-state index in [4.69, 9.17) is 4.98 Å². The molecule has 0 aliphatic carbocycles. The highest BCUT2D eigenvalue weighted by molar-refractivity contribution is 7.18. The van der Waals surface area contributed by atoms with Gasteiger partial charge >= 0.3 is 0 Å². The van der Waals surface area contributed by atoms with Crippen molar-refractivity contribution < 1.29 is 0 Å². The quantitative estimate of drug-likeness (QED) is 0.752. The maximum atomic E-state index is 4.74. The molecule has 0 saturated heterocycles. The van der Waals surface area contributed by atoms with Gasteiger partial charge in [-0.25, -0.2) is 4.98 Å². The predicted molar refractivity (Wildman–Crippen MR) is 89.0 cm³/mol. The lowest BCUT2D eigenvalue weighted by Crippen LogP contribution is -2.24. The maximum Gasteiger partial charge on any atom is 0.0957 e. The monoisotopic (exact) mass is 318 g/mol. The highest BCUT2D eigenvalue weighted by Gasteiger charge is 2.19. The fraction of sp³-hybridized carbons (Fsp3) is 0.400. The molecule has 0 aliphatic heterocycles. The molecule has 1 atom stereocenters. The molecule has 2 heterocycles. The van der Waals surface area contributed by atoms with Crippen molar-refractivity contribution in [2.24, 2.45) is 0 Å². The second-order valence-corrected chi connectivity index (χ2v) is 6.91. The Morgan fingerprint density at radius 1 is 1.29 bits per heavy atom. The molecule has 110 valence electrons. The van der Waals surface area contributed by atoms with Crippen LogP contribution in [0.3, 0.4) is 0 Å². The van der Waals surface area contributed by atoms with Crippen molar-refractivity contribution in [2.75, 3.05) is 6.54 Å². The van der Waals surface area contributed by atoms with Crippen molar-refractivity contribution in [3.8, 4) is 0 Å². The van der Waals surface area contributed by atoms with E-state index in [1.54, 1.807) is 11.3 Å². The molecule has 0 spiro atoms. The summed E-state index contributed by atoms with van der Waals surface area (Å²) < 4.78 is 5.32. The molecule has 1 N–H and O–H groups in total. The molecule has 1 aromatic carbocycles. The summed E-state index contributed by atoms with van der Waals surface area (Å²) in [5.74, 6) is 0. The van der Waals surface area contributed by atoms with Crippen LogP contribution in [-0.2, 0) is 6.42 Å². The van der Waals surface area contributed by atoms with E-state index in [2.05, 4.69) is 40.0 Å². The largest absolute Gasteiger partial charge is 0.309 e. The Labute approximate surface area is 132 Å². The number of rotatable bonds is 6. The van der Waals surface area contributed by atoms with Gasteiger partial charge in [0.25, 0.3) is 0 Å². The minimum Gasteiger partial charge on any atom is -0.309 e. The van der Waals surface area contributed by atoms with Crippen LogP contribution in [0.4, 0.5) is 0 Å². The lowest BCUT2D eigenvalue weighted by molar-refractivity contribution is 0.533. The number of benzene rings is 1. The minimum atomic E-state index is 0.255. The molecule has 3 aromatic rings. The Balaban J connectivity index is 1.85. The predicted octanol–water partition coefficient (Wildman–Crippen LogP) is 3.74. The van der Waals surface area contributed by atoms with Crippen molar-refractivity contribution in [1.82, 2.24) is 19.9 Å². The van der Waals surface area contributed by atoms with E-state index in [9.17, 15) is 0 Å². The first-order valence-corrected chi connectivity index (χ1v) is 8.73. The van der Waals surface area contributed by atoms with E-state index in [0.29, 0.717) is 0 Å². The third kappa shape index (κ3) is 3.28. The normalized spacial score (nSPS) is 12.9. The molecule has 0 radical (unpaired) electrons. The van der Waals surface area contributed by atoms with Gasteiger partial charge in [-0.15, -0.1) is 16.4 Å². The summed E-state index contributed by atoms with van der Waals surface area (Å²) in [5, 5.41) is 8.91. The fourth-order valence-electron chi connectivity index (χ4n) is 2.31. The lowest BCUT2D eigenvalue weighted by Gasteiger charge is -2.15. The molecule has 0 fully saturated rings. The van der Waals surface area contributed by atoms with Gasteiger partial charge in [-0.1, -0.05) is 23.5 Å². The summed E-state index contributed by atoms with van der Waals surface area (Å²) in [6.45, 7) is 5.20. The summed E-state index contributed by atoms with van der Waals surface area (Å²) >= 11 is 3.26. The van der Waals surface area contributed by atoms with Crippen LogP contribution in [0.25, 0.3) is 10.2 Å². The zero-order valence-corrected chi connectivity index (χ0v) is 13.8. The zero-order chi connectivity index (χ0) is 14.7. The van der Waals surface area contributed by atoms with Gasteiger partial charge in [-0.05, 0) is 43.6 Å². The molecule has 0 bridgehead atoms. The smallest absolute Gasteiger partial charge is 0.0957 e. The van der Waals surface area contributed by atoms with Gasteiger partial charge in [0.15, 0.2) is 0 Å². The number of para-hydroxylation sites is 1. The van der Waals surface area contributed by atoms with E-state index in [0.717, 1.165) is 35.6 Å². The van der Waals surface area contributed by atoms with Gasteiger partial charge in [0.1, 0.15) is 0 Å². The number of hydrogen-bond acceptors (Lipinski definition) is 6. The summed E-state index contributed by atoms with van der Waals surface area (Å²) in [6.07, 6.45) is 2.01. The van der Waals surface area contributed by atoms with Crippen LogP contribution >= 0.6 is 22.9 Å². The number of fused-ring (bicyclic) bond motifs is 1. The molecule has 21 heavy (non-hydrogen) atoms. The number of nitrogens with one attached hydrogen (secondary N) is 1. The van der Waals surface area contributed by atoms with Crippen molar-refractivity contribution in [3.63, 3.8) is 0 Å². The van der Waals surface area contributed by atoms with Crippen LogP contribution in [0, 0.1) is 6.92 Å². The second-order valence-electron chi connectivity index (χ2n) is 5.01. The Bertz CT molecular complexity index is 686. The summed E-state index contributed by atoms with van der Waals surface area (Å²) in [6, 6.07) is 8.56. The fourth-order valence-corrected chi connectivity index (χ4v) is 4.05. The Morgan fingerprint density at radius 2 is 2.14 bits per heavy atom. The van der Waals surface area contributed by atoms with Gasteiger partial charge in [0, 0.05) is 6.42 Å². The molecule has 4 nitrogen and oxygen atoms in total. The molecular formula is C15H18N4S2. The molecular weight excluding hydrogens is 300 g/mol.